The number of hydrogen-bond acceptors (Lipinski definition) is 4. The number of hydrogen-bond donors (Lipinski definition) is 0. The standard InChI is InChI=1S/Al.NO3.H2O.Zn/c;2-1(3)4;;/h;;1H2;/q;-1;;+2/p-1. The Bertz CT molecular complexity index is 34.7. The van der Waals surface area contributed by atoms with E-state index in [4.69, 9.17) is 15.3 Å². The molecule has 0 saturated heterocycles. The van der Waals surface area contributed by atoms with E-state index in [1.54, 1.807) is 0 Å². The molecule has 0 saturated carbocycles. The molecule has 0 unspecified atom stereocenters. The Morgan fingerprint density at radius 2 is 1.29 bits per heavy atom. The van der Waals surface area contributed by atoms with Crippen LogP contribution in [0.3, 0.4) is 0 Å². The van der Waals surface area contributed by atoms with Gasteiger partial charge in [0.2, 0.25) is 0 Å². The Labute approximate surface area is 63.0 Å². The second-order valence-electron chi connectivity index (χ2n) is 0.224. The van der Waals surface area contributed by atoms with Gasteiger partial charge in [-0.2, -0.15) is 0 Å². The molecular formula is HAlNO4Zn. The quantitative estimate of drug-likeness (QED) is 0.271. The fourth-order valence-electron chi connectivity index (χ4n) is 0. The fraction of sp³-hybridized carbons (Fsp3) is 0. The zero-order chi connectivity index (χ0) is 3.58. The molecule has 0 aromatic carbocycles. The summed E-state index contributed by atoms with van der Waals surface area (Å²) in [6, 6.07) is 0. The van der Waals surface area contributed by atoms with Crippen LogP contribution in [0.2, 0.25) is 0 Å². The van der Waals surface area contributed by atoms with Crippen LogP contribution < -0.4 is 0 Å². The van der Waals surface area contributed by atoms with Crippen LogP contribution in [0.15, 0.2) is 0 Å². The van der Waals surface area contributed by atoms with Crippen LogP contribution in [0, 0.1) is 15.3 Å². The molecule has 0 bridgehead atoms. The van der Waals surface area contributed by atoms with E-state index in [1.807, 2.05) is 0 Å². The zero-order valence-corrected chi connectivity index (χ0v) is 7.53. The van der Waals surface area contributed by atoms with Crippen LogP contribution in [0.5, 0.6) is 0 Å². The van der Waals surface area contributed by atoms with Gasteiger partial charge in [-0.05, 0) is 0 Å². The van der Waals surface area contributed by atoms with Crippen molar-refractivity contribution >= 4 is 17.4 Å². The van der Waals surface area contributed by atoms with E-state index >= 15 is 0 Å². The van der Waals surface area contributed by atoms with Gasteiger partial charge < -0.3 is 20.8 Å². The Balaban J connectivity index is -0.0000000150. The molecule has 0 aliphatic heterocycles. The van der Waals surface area contributed by atoms with Crippen LogP contribution in [0.25, 0.3) is 0 Å². The van der Waals surface area contributed by atoms with Crippen LogP contribution in [0.4, 0.5) is 0 Å². The van der Waals surface area contributed by atoms with Crippen molar-refractivity contribution < 1.29 is 30.0 Å². The van der Waals surface area contributed by atoms with Gasteiger partial charge in [-0.1, -0.05) is 0 Å². The summed E-state index contributed by atoms with van der Waals surface area (Å²) in [6.45, 7) is 0. The van der Waals surface area contributed by atoms with Crippen molar-refractivity contribution in [1.82, 2.24) is 0 Å². The van der Waals surface area contributed by atoms with Gasteiger partial charge in [0.1, 0.15) is 0 Å². The van der Waals surface area contributed by atoms with E-state index in [2.05, 4.69) is 0 Å². The third-order valence-electron chi connectivity index (χ3n) is 0. The van der Waals surface area contributed by atoms with Crippen molar-refractivity contribution in [1.29, 1.82) is 0 Å². The van der Waals surface area contributed by atoms with Crippen molar-refractivity contribution in [2.45, 2.75) is 0 Å². The Kier molecular flexibility index (Phi) is 61.6. The van der Waals surface area contributed by atoms with Crippen molar-refractivity contribution in [2.24, 2.45) is 0 Å². The van der Waals surface area contributed by atoms with Crippen molar-refractivity contribution in [3.63, 3.8) is 0 Å². The molecule has 5 nitrogen and oxygen atoms in total. The normalized spacial score (nSPS) is 3.43. The molecule has 0 atom stereocenters. The van der Waals surface area contributed by atoms with E-state index in [9.17, 15) is 0 Å². The first-order valence-electron chi connectivity index (χ1n) is 0.548. The van der Waals surface area contributed by atoms with Gasteiger partial charge in [-0.15, -0.1) is 0 Å². The third kappa shape index (κ3) is 1180. The first kappa shape index (κ1) is 26.5. The summed E-state index contributed by atoms with van der Waals surface area (Å²) in [5.41, 5.74) is 0. The molecule has 0 heterocycles. The number of nitrogens with zero attached hydrogens (tertiary/aromatic N) is 1. The zero-order valence-electron chi connectivity index (χ0n) is 3.40. The van der Waals surface area contributed by atoms with E-state index in [0.29, 0.717) is 0 Å². The second kappa shape index (κ2) is 16.2. The Morgan fingerprint density at radius 1 is 1.29 bits per heavy atom. The summed E-state index contributed by atoms with van der Waals surface area (Å²) in [4.78, 5) is 8.25. The average molecular weight is 171 g/mol. The first-order chi connectivity index (χ1) is 1.73. The summed E-state index contributed by atoms with van der Waals surface area (Å²) in [5, 5.41) is 14.8. The minimum Gasteiger partial charge on any atom is -0.870 e. The minimum absolute atomic E-state index is 0. The third-order valence-corrected chi connectivity index (χ3v) is 0. The van der Waals surface area contributed by atoms with Crippen LogP contribution >= 0.6 is 0 Å². The van der Waals surface area contributed by atoms with Crippen LogP contribution in [-0.4, -0.2) is 27.9 Å². The largest absolute Gasteiger partial charge is 2.00 e. The fourth-order valence-corrected chi connectivity index (χ4v) is 0. The smallest absolute Gasteiger partial charge is 0.870 e. The van der Waals surface area contributed by atoms with E-state index in [1.165, 1.54) is 0 Å². The maximum atomic E-state index is 8.25. The maximum absolute atomic E-state index is 8.25. The molecule has 0 aromatic heterocycles. The maximum Gasteiger partial charge on any atom is 2.00 e. The summed E-state index contributed by atoms with van der Waals surface area (Å²) in [7, 11) is 0. The van der Waals surface area contributed by atoms with E-state index in [-0.39, 0.29) is 42.3 Å². The monoisotopic (exact) mass is 170 g/mol. The van der Waals surface area contributed by atoms with Gasteiger partial charge in [0.05, 0.1) is 5.09 Å². The predicted molar refractivity (Wildman–Crippen MR) is 18.1 cm³/mol. The molecule has 0 fully saturated rings. The molecule has 0 aliphatic carbocycles. The second-order valence-corrected chi connectivity index (χ2v) is 0.224. The van der Waals surface area contributed by atoms with Crippen molar-refractivity contribution in [3.05, 3.63) is 15.3 Å². The molecule has 0 spiro atoms. The van der Waals surface area contributed by atoms with Gasteiger partial charge in [-0.25, -0.2) is 0 Å². The van der Waals surface area contributed by atoms with Crippen LogP contribution in [0.1, 0.15) is 0 Å². The Morgan fingerprint density at radius 3 is 1.29 bits per heavy atom. The molecule has 7 heteroatoms. The molecule has 0 amide bonds. The topological polar surface area (TPSA) is 96.2 Å². The van der Waals surface area contributed by atoms with Crippen molar-refractivity contribution in [2.75, 3.05) is 0 Å². The molecule has 35 valence electrons. The van der Waals surface area contributed by atoms with Gasteiger partial charge in [0, 0.05) is 17.4 Å². The van der Waals surface area contributed by atoms with Crippen molar-refractivity contribution in [3.8, 4) is 0 Å². The average Bonchev–Trinajstić information content (AvgIpc) is 0.811. The summed E-state index contributed by atoms with van der Waals surface area (Å²) in [6.07, 6.45) is 0. The first-order valence-corrected chi connectivity index (χ1v) is 0.548. The SMILES string of the molecule is O=[N+]([O-])[O-].[Al].[OH-].[Zn+2]. The van der Waals surface area contributed by atoms with E-state index in [0.717, 1.165) is 0 Å². The Hall–Kier alpha value is 0.316. The molecule has 0 rings (SSSR count). The molecule has 3 radical (unpaired) electrons. The molecule has 0 aliphatic rings. The molecule has 7 heavy (non-hydrogen) atoms. The summed E-state index contributed by atoms with van der Waals surface area (Å²) < 4.78 is 0. The summed E-state index contributed by atoms with van der Waals surface area (Å²) >= 11 is 0. The van der Waals surface area contributed by atoms with Gasteiger partial charge in [0.15, 0.2) is 0 Å². The molecular weight excluding hydrogens is 170 g/mol. The molecule has 1 N–H and O–H groups in total. The molecule has 0 aromatic rings. The number of rotatable bonds is 0. The predicted octanol–water partition coefficient (Wildman–Crippen LogP) is -0.799. The van der Waals surface area contributed by atoms with E-state index < -0.39 is 5.09 Å². The van der Waals surface area contributed by atoms with Gasteiger partial charge in [0.25, 0.3) is 0 Å². The van der Waals surface area contributed by atoms with Gasteiger partial charge >= 0.3 is 19.5 Å². The summed E-state index contributed by atoms with van der Waals surface area (Å²) in [5.74, 6) is 0. The van der Waals surface area contributed by atoms with Gasteiger partial charge in [-0.3, -0.25) is 0 Å². The minimum atomic E-state index is -1.75. The van der Waals surface area contributed by atoms with Crippen LogP contribution in [-0.2, 0) is 19.5 Å².